The highest BCUT2D eigenvalue weighted by Gasteiger charge is 2.22. The van der Waals surface area contributed by atoms with Crippen molar-refractivity contribution in [2.45, 2.75) is 57.5 Å². The highest BCUT2D eigenvalue weighted by molar-refractivity contribution is 7.88. The molecular weight excluding hydrogens is 336 g/mol. The standard InChI is InChI=1S/C19H26N2O3S/c1-14(2)21-25(22,23)13-16-8-6-15(7-9-16)12-20-18-4-3-5-19-17(18)10-11-24-19/h6-11,14,18,20-21H,3-5,12-13H2,1-2H3. The zero-order valence-corrected chi connectivity index (χ0v) is 15.6. The van der Waals surface area contributed by atoms with E-state index in [1.165, 1.54) is 5.56 Å². The minimum absolute atomic E-state index is 0.0138. The molecule has 0 bridgehead atoms. The topological polar surface area (TPSA) is 71.3 Å². The summed E-state index contributed by atoms with van der Waals surface area (Å²) >= 11 is 0. The van der Waals surface area contributed by atoms with Gasteiger partial charge in [0.2, 0.25) is 10.0 Å². The van der Waals surface area contributed by atoms with E-state index < -0.39 is 10.0 Å². The molecule has 1 aromatic carbocycles. The monoisotopic (exact) mass is 362 g/mol. The van der Waals surface area contributed by atoms with Crippen molar-refractivity contribution in [1.82, 2.24) is 10.0 Å². The molecule has 0 aliphatic heterocycles. The fraction of sp³-hybridized carbons (Fsp3) is 0.474. The first-order valence-corrected chi connectivity index (χ1v) is 10.5. The van der Waals surface area contributed by atoms with Crippen LogP contribution in [0, 0.1) is 0 Å². The van der Waals surface area contributed by atoms with Gasteiger partial charge in [0.25, 0.3) is 0 Å². The lowest BCUT2D eigenvalue weighted by Crippen LogP contribution is -2.31. The van der Waals surface area contributed by atoms with Gasteiger partial charge in [0.1, 0.15) is 5.76 Å². The van der Waals surface area contributed by atoms with Gasteiger partial charge in [0.15, 0.2) is 0 Å². The average Bonchev–Trinajstić information content (AvgIpc) is 3.01. The number of hydrogen-bond donors (Lipinski definition) is 2. The number of hydrogen-bond acceptors (Lipinski definition) is 4. The van der Waals surface area contributed by atoms with Crippen LogP contribution >= 0.6 is 0 Å². The molecule has 1 heterocycles. The highest BCUT2D eigenvalue weighted by Crippen LogP contribution is 2.30. The van der Waals surface area contributed by atoms with E-state index in [0.29, 0.717) is 6.04 Å². The van der Waals surface area contributed by atoms with Gasteiger partial charge in [0, 0.05) is 30.6 Å². The maximum atomic E-state index is 12.0. The first-order valence-electron chi connectivity index (χ1n) is 8.80. The van der Waals surface area contributed by atoms with Crippen LogP contribution in [-0.2, 0) is 28.7 Å². The van der Waals surface area contributed by atoms with Crippen LogP contribution in [0.3, 0.4) is 0 Å². The Bertz CT molecular complexity index is 794. The minimum atomic E-state index is -3.28. The summed E-state index contributed by atoms with van der Waals surface area (Å²) in [6, 6.07) is 10.1. The quantitative estimate of drug-likeness (QED) is 0.793. The number of aryl methyl sites for hydroxylation is 1. The first-order chi connectivity index (χ1) is 11.9. The molecule has 3 rings (SSSR count). The van der Waals surface area contributed by atoms with Gasteiger partial charge in [-0.3, -0.25) is 0 Å². The lowest BCUT2D eigenvalue weighted by molar-refractivity contribution is 0.411. The maximum absolute atomic E-state index is 12.0. The zero-order chi connectivity index (χ0) is 17.9. The Hall–Kier alpha value is -1.63. The molecule has 1 aliphatic carbocycles. The molecule has 1 unspecified atom stereocenters. The van der Waals surface area contributed by atoms with Gasteiger partial charge in [-0.15, -0.1) is 0 Å². The molecule has 136 valence electrons. The molecule has 1 aromatic heterocycles. The summed E-state index contributed by atoms with van der Waals surface area (Å²) in [4.78, 5) is 0. The Labute approximate surface area is 149 Å². The third kappa shape index (κ3) is 4.93. The second-order valence-corrected chi connectivity index (χ2v) is 8.73. The molecular formula is C19H26N2O3S. The van der Waals surface area contributed by atoms with Crippen LogP contribution < -0.4 is 10.0 Å². The Morgan fingerprint density at radius 1 is 1.16 bits per heavy atom. The zero-order valence-electron chi connectivity index (χ0n) is 14.8. The van der Waals surface area contributed by atoms with Crippen molar-refractivity contribution in [3.63, 3.8) is 0 Å². The van der Waals surface area contributed by atoms with Crippen molar-refractivity contribution in [3.8, 4) is 0 Å². The van der Waals surface area contributed by atoms with Crippen LogP contribution in [0.2, 0.25) is 0 Å². The Balaban J connectivity index is 1.57. The van der Waals surface area contributed by atoms with E-state index in [2.05, 4.69) is 16.1 Å². The van der Waals surface area contributed by atoms with Crippen LogP contribution in [0.5, 0.6) is 0 Å². The van der Waals surface area contributed by atoms with Gasteiger partial charge in [-0.25, -0.2) is 13.1 Å². The summed E-state index contributed by atoms with van der Waals surface area (Å²) in [5.41, 5.74) is 3.22. The average molecular weight is 362 g/mol. The van der Waals surface area contributed by atoms with Crippen LogP contribution in [0.15, 0.2) is 41.0 Å². The van der Waals surface area contributed by atoms with Crippen molar-refractivity contribution in [2.75, 3.05) is 0 Å². The van der Waals surface area contributed by atoms with Gasteiger partial charge in [-0.2, -0.15) is 0 Å². The van der Waals surface area contributed by atoms with E-state index in [-0.39, 0.29) is 11.8 Å². The minimum Gasteiger partial charge on any atom is -0.469 e. The molecule has 25 heavy (non-hydrogen) atoms. The van der Waals surface area contributed by atoms with Crippen molar-refractivity contribution in [3.05, 3.63) is 59.0 Å². The molecule has 0 spiro atoms. The number of sulfonamides is 1. The predicted molar refractivity (Wildman–Crippen MR) is 98.6 cm³/mol. The predicted octanol–water partition coefficient (Wildman–Crippen LogP) is 3.27. The van der Waals surface area contributed by atoms with Gasteiger partial charge in [-0.1, -0.05) is 24.3 Å². The van der Waals surface area contributed by atoms with Crippen LogP contribution in [0.4, 0.5) is 0 Å². The molecule has 2 N–H and O–H groups in total. The molecule has 5 nitrogen and oxygen atoms in total. The third-order valence-corrected chi connectivity index (χ3v) is 5.94. The normalized spacial score (nSPS) is 17.6. The van der Waals surface area contributed by atoms with Gasteiger partial charge >= 0.3 is 0 Å². The number of fused-ring (bicyclic) bond motifs is 1. The summed E-state index contributed by atoms with van der Waals surface area (Å²) in [6.45, 7) is 4.40. The fourth-order valence-corrected chi connectivity index (χ4v) is 4.75. The third-order valence-electron chi connectivity index (χ3n) is 4.40. The largest absolute Gasteiger partial charge is 0.469 e. The molecule has 1 atom stereocenters. The first kappa shape index (κ1) is 18.2. The van der Waals surface area contributed by atoms with E-state index in [4.69, 9.17) is 4.42 Å². The molecule has 0 fully saturated rings. The van der Waals surface area contributed by atoms with Crippen LogP contribution in [0.1, 0.15) is 55.2 Å². The molecule has 0 saturated carbocycles. The van der Waals surface area contributed by atoms with E-state index in [1.807, 2.05) is 38.1 Å². The molecule has 0 saturated heterocycles. The molecule has 2 aromatic rings. The fourth-order valence-electron chi connectivity index (χ4n) is 3.31. The number of rotatable bonds is 7. The molecule has 0 amide bonds. The SMILES string of the molecule is CC(C)NS(=O)(=O)Cc1ccc(CNC2CCCc3occc32)cc1. The number of furan rings is 1. The Morgan fingerprint density at radius 3 is 2.60 bits per heavy atom. The van der Waals surface area contributed by atoms with Crippen LogP contribution in [-0.4, -0.2) is 14.5 Å². The van der Waals surface area contributed by atoms with Crippen LogP contribution in [0.25, 0.3) is 0 Å². The summed E-state index contributed by atoms with van der Waals surface area (Å²) in [6.07, 6.45) is 5.04. The van der Waals surface area contributed by atoms with Crippen molar-refractivity contribution in [1.29, 1.82) is 0 Å². The van der Waals surface area contributed by atoms with Crippen molar-refractivity contribution >= 4 is 10.0 Å². The lowest BCUT2D eigenvalue weighted by Gasteiger charge is -2.23. The van der Waals surface area contributed by atoms with Gasteiger partial charge in [0.05, 0.1) is 12.0 Å². The Morgan fingerprint density at radius 2 is 1.88 bits per heavy atom. The molecule has 0 radical (unpaired) electrons. The molecule has 1 aliphatic rings. The summed E-state index contributed by atoms with van der Waals surface area (Å²) in [5.74, 6) is 1.11. The van der Waals surface area contributed by atoms with E-state index in [9.17, 15) is 8.42 Å². The summed E-state index contributed by atoms with van der Waals surface area (Å²) < 4.78 is 32.1. The van der Waals surface area contributed by atoms with Gasteiger partial charge in [-0.05, 0) is 43.9 Å². The Kier molecular flexibility index (Phi) is 5.61. The van der Waals surface area contributed by atoms with E-state index in [1.54, 1.807) is 6.26 Å². The lowest BCUT2D eigenvalue weighted by atomic mass is 9.93. The van der Waals surface area contributed by atoms with E-state index in [0.717, 1.165) is 42.7 Å². The van der Waals surface area contributed by atoms with Crippen molar-refractivity contribution in [2.24, 2.45) is 0 Å². The van der Waals surface area contributed by atoms with Crippen molar-refractivity contribution < 1.29 is 12.8 Å². The summed E-state index contributed by atoms with van der Waals surface area (Å²) in [5, 5.41) is 3.58. The highest BCUT2D eigenvalue weighted by atomic mass is 32.2. The van der Waals surface area contributed by atoms with Gasteiger partial charge < -0.3 is 9.73 Å². The number of benzene rings is 1. The second kappa shape index (κ2) is 7.72. The van der Waals surface area contributed by atoms with E-state index >= 15 is 0 Å². The smallest absolute Gasteiger partial charge is 0.216 e. The maximum Gasteiger partial charge on any atom is 0.216 e. The number of nitrogens with one attached hydrogen (secondary N) is 2. The molecule has 6 heteroatoms. The second-order valence-electron chi connectivity index (χ2n) is 6.97. The summed E-state index contributed by atoms with van der Waals surface area (Å²) in [7, 11) is -3.28.